The average Bonchev–Trinajstić information content (AvgIpc) is 3.11. The molecule has 2 heterocycles. The van der Waals surface area contributed by atoms with Gasteiger partial charge in [-0.1, -0.05) is 19.1 Å². The number of Topliss-reactive ketones (excluding diaryl/α,β-unsaturated/α-hetero) is 1. The SMILES string of the molecule is CC(=O)C[C@@H](C)c1ccc(O[C@@H]2CCN(c3ncc(OC[C@H]4CC4(F)F)cn3)C2)cc1. The van der Waals surface area contributed by atoms with E-state index in [4.69, 9.17) is 9.47 Å². The standard InChI is InChI=1S/C23H27F2N3O3/c1-15(9-16(2)29)17-3-5-19(6-4-17)31-20-7-8-28(13-20)22-26-11-21(12-27-22)30-14-18-10-23(18,24)25/h3-6,11-12,15,18,20H,7-10,13-14H2,1-2H3/t15-,18-,20-/m1/s1. The molecule has 1 aliphatic heterocycles. The van der Waals surface area contributed by atoms with Gasteiger partial charge in [-0.25, -0.2) is 18.7 Å². The number of anilines is 1. The summed E-state index contributed by atoms with van der Waals surface area (Å²) in [7, 11) is 0. The predicted octanol–water partition coefficient (Wildman–Crippen LogP) is 4.25. The highest BCUT2D eigenvalue weighted by molar-refractivity contribution is 5.76. The summed E-state index contributed by atoms with van der Waals surface area (Å²) in [5.41, 5.74) is 1.12. The molecule has 1 aromatic carbocycles. The van der Waals surface area contributed by atoms with Crippen LogP contribution in [0.3, 0.4) is 0 Å². The van der Waals surface area contributed by atoms with Crippen LogP contribution < -0.4 is 14.4 Å². The fraction of sp³-hybridized carbons (Fsp3) is 0.522. The Morgan fingerprint density at radius 2 is 1.90 bits per heavy atom. The Bertz CT molecular complexity index is 905. The van der Waals surface area contributed by atoms with Crippen LogP contribution in [0.1, 0.15) is 44.6 Å². The molecule has 0 amide bonds. The van der Waals surface area contributed by atoms with Crippen LogP contribution in [0.4, 0.5) is 14.7 Å². The molecule has 0 unspecified atom stereocenters. The summed E-state index contributed by atoms with van der Waals surface area (Å²) in [6.45, 7) is 5.08. The third-order valence-corrected chi connectivity index (χ3v) is 5.79. The Labute approximate surface area is 180 Å². The van der Waals surface area contributed by atoms with E-state index in [2.05, 4.69) is 9.97 Å². The summed E-state index contributed by atoms with van der Waals surface area (Å²) < 4.78 is 37.3. The van der Waals surface area contributed by atoms with Crippen molar-refractivity contribution in [2.75, 3.05) is 24.6 Å². The molecule has 2 aliphatic rings. The van der Waals surface area contributed by atoms with E-state index in [1.165, 1.54) is 12.4 Å². The number of rotatable bonds is 9. The molecular weight excluding hydrogens is 404 g/mol. The third-order valence-electron chi connectivity index (χ3n) is 5.79. The minimum atomic E-state index is -2.58. The molecule has 8 heteroatoms. The fourth-order valence-corrected chi connectivity index (χ4v) is 3.82. The van der Waals surface area contributed by atoms with Crippen LogP contribution in [-0.4, -0.2) is 47.5 Å². The van der Waals surface area contributed by atoms with E-state index in [0.29, 0.717) is 24.7 Å². The van der Waals surface area contributed by atoms with Crippen molar-refractivity contribution in [3.8, 4) is 11.5 Å². The van der Waals surface area contributed by atoms with Crippen molar-refractivity contribution in [1.82, 2.24) is 9.97 Å². The highest BCUT2D eigenvalue weighted by Crippen LogP contribution is 2.48. The highest BCUT2D eigenvalue weighted by atomic mass is 19.3. The smallest absolute Gasteiger partial charge is 0.255 e. The summed E-state index contributed by atoms with van der Waals surface area (Å²) in [5.74, 6) is -1.13. The van der Waals surface area contributed by atoms with Crippen molar-refractivity contribution >= 4 is 11.7 Å². The van der Waals surface area contributed by atoms with Crippen LogP contribution in [-0.2, 0) is 4.79 Å². The van der Waals surface area contributed by atoms with Gasteiger partial charge in [0.25, 0.3) is 5.92 Å². The third kappa shape index (κ3) is 5.48. The van der Waals surface area contributed by atoms with Crippen LogP contribution in [0.5, 0.6) is 11.5 Å². The van der Waals surface area contributed by atoms with Gasteiger partial charge in [-0.3, -0.25) is 0 Å². The van der Waals surface area contributed by atoms with Crippen molar-refractivity contribution < 1.29 is 23.0 Å². The molecule has 2 aromatic rings. The molecule has 31 heavy (non-hydrogen) atoms. The molecule has 3 atom stereocenters. The number of halogens is 2. The maximum Gasteiger partial charge on any atom is 0.255 e. The summed E-state index contributed by atoms with van der Waals surface area (Å²) in [5, 5.41) is 0. The maximum atomic E-state index is 12.9. The van der Waals surface area contributed by atoms with Gasteiger partial charge in [0.15, 0.2) is 5.75 Å². The molecule has 166 valence electrons. The molecule has 0 bridgehead atoms. The minimum Gasteiger partial charge on any atom is -0.490 e. The molecule has 1 aromatic heterocycles. The number of nitrogens with zero attached hydrogens (tertiary/aromatic N) is 3. The summed E-state index contributed by atoms with van der Waals surface area (Å²) in [4.78, 5) is 22.0. The van der Waals surface area contributed by atoms with Gasteiger partial charge in [-0.15, -0.1) is 0 Å². The number of ketones is 1. The van der Waals surface area contributed by atoms with Gasteiger partial charge >= 0.3 is 0 Å². The number of alkyl halides is 2. The number of carbonyl (C=O) groups is 1. The first kappa shape index (κ1) is 21.5. The van der Waals surface area contributed by atoms with Gasteiger partial charge in [-0.05, 0) is 30.5 Å². The largest absolute Gasteiger partial charge is 0.490 e. The van der Waals surface area contributed by atoms with E-state index in [1.807, 2.05) is 36.1 Å². The number of hydrogen-bond acceptors (Lipinski definition) is 6. The highest BCUT2D eigenvalue weighted by Gasteiger charge is 2.57. The second-order valence-corrected chi connectivity index (χ2v) is 8.54. The zero-order chi connectivity index (χ0) is 22.0. The van der Waals surface area contributed by atoms with Gasteiger partial charge in [-0.2, -0.15) is 0 Å². The van der Waals surface area contributed by atoms with Gasteiger partial charge in [0.05, 0.1) is 31.5 Å². The number of ether oxygens (including phenoxy) is 2. The molecular formula is C23H27F2N3O3. The van der Waals surface area contributed by atoms with Gasteiger partial charge in [0.2, 0.25) is 5.95 Å². The lowest BCUT2D eigenvalue weighted by Crippen LogP contribution is -2.26. The van der Waals surface area contributed by atoms with Crippen LogP contribution in [0.25, 0.3) is 0 Å². The number of hydrogen-bond donors (Lipinski definition) is 0. The number of aromatic nitrogens is 2. The Kier molecular flexibility index (Phi) is 6.07. The normalized spacial score (nSPS) is 22.8. The van der Waals surface area contributed by atoms with Crippen LogP contribution >= 0.6 is 0 Å². The van der Waals surface area contributed by atoms with E-state index in [1.54, 1.807) is 6.92 Å². The summed E-state index contributed by atoms with van der Waals surface area (Å²) in [6, 6.07) is 7.91. The second-order valence-electron chi connectivity index (χ2n) is 8.54. The Hall–Kier alpha value is -2.77. The van der Waals surface area contributed by atoms with Crippen LogP contribution in [0.2, 0.25) is 0 Å². The van der Waals surface area contributed by atoms with E-state index in [9.17, 15) is 13.6 Å². The first-order valence-corrected chi connectivity index (χ1v) is 10.6. The zero-order valence-corrected chi connectivity index (χ0v) is 17.8. The maximum absolute atomic E-state index is 12.9. The van der Waals surface area contributed by atoms with E-state index < -0.39 is 11.8 Å². The van der Waals surface area contributed by atoms with Gasteiger partial charge < -0.3 is 19.2 Å². The molecule has 4 rings (SSSR count). The monoisotopic (exact) mass is 431 g/mol. The Morgan fingerprint density at radius 1 is 1.23 bits per heavy atom. The van der Waals surface area contributed by atoms with Crippen LogP contribution in [0, 0.1) is 5.92 Å². The first-order chi connectivity index (χ1) is 14.8. The van der Waals surface area contributed by atoms with Crippen molar-refractivity contribution in [3.63, 3.8) is 0 Å². The van der Waals surface area contributed by atoms with Gasteiger partial charge in [0.1, 0.15) is 17.6 Å². The first-order valence-electron chi connectivity index (χ1n) is 10.6. The number of benzene rings is 1. The van der Waals surface area contributed by atoms with E-state index in [0.717, 1.165) is 24.3 Å². The summed E-state index contributed by atoms with van der Waals surface area (Å²) >= 11 is 0. The lowest BCUT2D eigenvalue weighted by molar-refractivity contribution is -0.117. The predicted molar refractivity (Wildman–Crippen MR) is 112 cm³/mol. The number of carbonyl (C=O) groups excluding carboxylic acids is 1. The fourth-order valence-electron chi connectivity index (χ4n) is 3.82. The summed E-state index contributed by atoms with van der Waals surface area (Å²) in [6.07, 6.45) is 4.35. The van der Waals surface area contributed by atoms with Crippen molar-refractivity contribution in [3.05, 3.63) is 42.2 Å². The average molecular weight is 431 g/mol. The quantitative estimate of drug-likeness (QED) is 0.591. The van der Waals surface area contributed by atoms with Crippen molar-refractivity contribution in [1.29, 1.82) is 0 Å². The van der Waals surface area contributed by atoms with Crippen LogP contribution in [0.15, 0.2) is 36.7 Å². The van der Waals surface area contributed by atoms with Gasteiger partial charge in [0, 0.05) is 25.8 Å². The molecule has 1 saturated carbocycles. The van der Waals surface area contributed by atoms with Crippen molar-refractivity contribution in [2.24, 2.45) is 5.92 Å². The topological polar surface area (TPSA) is 64.5 Å². The lowest BCUT2D eigenvalue weighted by Gasteiger charge is -2.18. The molecule has 0 spiro atoms. The molecule has 0 N–H and O–H groups in total. The van der Waals surface area contributed by atoms with Crippen molar-refractivity contribution in [2.45, 2.75) is 51.1 Å². The molecule has 1 aliphatic carbocycles. The molecule has 2 fully saturated rings. The zero-order valence-electron chi connectivity index (χ0n) is 17.8. The van der Waals surface area contributed by atoms with E-state index >= 15 is 0 Å². The molecule has 1 saturated heterocycles. The van der Waals surface area contributed by atoms with E-state index in [-0.39, 0.29) is 30.8 Å². The second kappa shape index (κ2) is 8.77. The Morgan fingerprint density at radius 3 is 2.52 bits per heavy atom. The minimum absolute atomic E-state index is 0.0122. The molecule has 6 nitrogen and oxygen atoms in total. The molecule has 0 radical (unpaired) electrons. The lowest BCUT2D eigenvalue weighted by atomic mass is 9.96. The Balaban J connectivity index is 1.26.